The van der Waals surface area contributed by atoms with Gasteiger partial charge in [0.1, 0.15) is 0 Å². The van der Waals surface area contributed by atoms with Crippen molar-refractivity contribution in [3.8, 4) is 0 Å². The van der Waals surface area contributed by atoms with Gasteiger partial charge in [-0.1, -0.05) is 6.58 Å². The molecule has 0 aliphatic carbocycles. The fourth-order valence-corrected chi connectivity index (χ4v) is 0.555. The van der Waals surface area contributed by atoms with Crippen molar-refractivity contribution >= 4 is 0 Å². The molecule has 11 heavy (non-hydrogen) atoms. The normalized spacial score (nSPS) is 10.9. The molecular weight excluding hydrogens is 140 g/mol. The smallest absolute Gasteiger partial charge is 0.0513 e. The van der Waals surface area contributed by atoms with Crippen molar-refractivity contribution in [2.24, 2.45) is 0 Å². The van der Waals surface area contributed by atoms with Crippen molar-refractivity contribution in [2.75, 3.05) is 20.6 Å². The van der Waals surface area contributed by atoms with Crippen molar-refractivity contribution in [2.45, 2.75) is 0 Å². The van der Waals surface area contributed by atoms with E-state index in [2.05, 4.69) is 28.1 Å². The lowest BCUT2D eigenvalue weighted by Gasteiger charge is -2.06. The molecule has 0 spiro atoms. The van der Waals surface area contributed by atoms with Gasteiger partial charge >= 0.3 is 0 Å². The second-order valence-corrected chi connectivity index (χ2v) is 1.89. The Kier molecular flexibility index (Phi) is 6.46. The molecule has 4 N–H and O–H groups in total. The highest BCUT2D eigenvalue weighted by Crippen LogP contribution is 1.80. The van der Waals surface area contributed by atoms with E-state index in [-0.39, 0.29) is 0 Å². The van der Waals surface area contributed by atoms with Gasteiger partial charge in [-0.25, -0.2) is 0 Å². The third kappa shape index (κ3) is 5.44. The molecule has 4 nitrogen and oxygen atoms in total. The molecule has 0 aromatic carbocycles. The number of rotatable bonds is 6. The van der Waals surface area contributed by atoms with Crippen LogP contribution in [0.25, 0.3) is 0 Å². The van der Waals surface area contributed by atoms with Gasteiger partial charge in [0, 0.05) is 18.9 Å². The summed E-state index contributed by atoms with van der Waals surface area (Å²) >= 11 is 0. The third-order valence-electron chi connectivity index (χ3n) is 1.15. The minimum atomic E-state index is 0.744. The van der Waals surface area contributed by atoms with Gasteiger partial charge in [0.2, 0.25) is 0 Å². The minimum absolute atomic E-state index is 0.744. The molecule has 0 amide bonds. The maximum Gasteiger partial charge on any atom is 0.0513 e. The van der Waals surface area contributed by atoms with E-state index in [1.807, 2.05) is 20.3 Å². The molecule has 0 aliphatic rings. The van der Waals surface area contributed by atoms with Crippen LogP contribution in [0.3, 0.4) is 0 Å². The fraction of sp³-hybridized carbons (Fsp3) is 0.429. The Morgan fingerprint density at radius 2 is 2.18 bits per heavy atom. The summed E-state index contributed by atoms with van der Waals surface area (Å²) in [5.74, 6) is 0. The first-order chi connectivity index (χ1) is 5.35. The summed E-state index contributed by atoms with van der Waals surface area (Å²) < 4.78 is 0. The van der Waals surface area contributed by atoms with Gasteiger partial charge in [-0.2, -0.15) is 0 Å². The summed E-state index contributed by atoms with van der Waals surface area (Å²) in [5, 5.41) is 5.90. The fourth-order valence-electron chi connectivity index (χ4n) is 0.555. The molecule has 0 radical (unpaired) electrons. The molecule has 64 valence electrons. The van der Waals surface area contributed by atoms with Crippen LogP contribution in [-0.4, -0.2) is 20.6 Å². The maximum atomic E-state index is 3.53. The van der Waals surface area contributed by atoms with E-state index >= 15 is 0 Å². The first-order valence-electron chi connectivity index (χ1n) is 3.48. The van der Waals surface area contributed by atoms with Crippen LogP contribution < -0.4 is 21.5 Å². The van der Waals surface area contributed by atoms with E-state index in [0.29, 0.717) is 0 Å². The van der Waals surface area contributed by atoms with Crippen molar-refractivity contribution in [1.29, 1.82) is 0 Å². The van der Waals surface area contributed by atoms with Crippen LogP contribution in [0.15, 0.2) is 24.7 Å². The number of hydrazine groups is 1. The van der Waals surface area contributed by atoms with Crippen LogP contribution in [0.4, 0.5) is 0 Å². The standard InChI is InChI=1S/C7H16N4/c1-4-10-5-7(8-2)6-11-9-3/h4-5,8-11H,1,6H2,2-3H3/b7-5-. The third-order valence-corrected chi connectivity index (χ3v) is 1.15. The first-order valence-corrected chi connectivity index (χ1v) is 3.48. The predicted molar refractivity (Wildman–Crippen MR) is 47.5 cm³/mol. The van der Waals surface area contributed by atoms with E-state index in [1.54, 1.807) is 6.20 Å². The van der Waals surface area contributed by atoms with Gasteiger partial charge in [0.15, 0.2) is 0 Å². The molecule has 0 saturated heterocycles. The minimum Gasteiger partial charge on any atom is -0.389 e. The van der Waals surface area contributed by atoms with Crippen molar-refractivity contribution < 1.29 is 0 Å². The quantitative estimate of drug-likeness (QED) is 0.392. The molecule has 0 saturated carbocycles. The molecule has 0 aliphatic heterocycles. The van der Waals surface area contributed by atoms with E-state index in [9.17, 15) is 0 Å². The highest BCUT2D eigenvalue weighted by molar-refractivity contribution is 5.00. The number of hydrogen-bond acceptors (Lipinski definition) is 4. The molecule has 4 heteroatoms. The molecule has 0 aromatic heterocycles. The predicted octanol–water partition coefficient (Wildman–Crippen LogP) is -0.496. The largest absolute Gasteiger partial charge is 0.389 e. The van der Waals surface area contributed by atoms with Gasteiger partial charge in [0.25, 0.3) is 0 Å². The zero-order valence-corrected chi connectivity index (χ0v) is 7.07. The van der Waals surface area contributed by atoms with Crippen molar-refractivity contribution in [3.05, 3.63) is 24.7 Å². The van der Waals surface area contributed by atoms with Gasteiger partial charge in [-0.3, -0.25) is 10.9 Å². The molecule has 0 heterocycles. The molecule has 0 bridgehead atoms. The lowest BCUT2D eigenvalue weighted by molar-refractivity contribution is 0.616. The molecule has 0 atom stereocenters. The van der Waals surface area contributed by atoms with Crippen LogP contribution in [0, 0.1) is 0 Å². The molecule has 0 aromatic rings. The summed E-state index contributed by atoms with van der Waals surface area (Å²) in [4.78, 5) is 0. The van der Waals surface area contributed by atoms with E-state index in [4.69, 9.17) is 0 Å². The molecule has 0 rings (SSSR count). The van der Waals surface area contributed by atoms with Crippen LogP contribution in [-0.2, 0) is 0 Å². The van der Waals surface area contributed by atoms with Crippen molar-refractivity contribution in [1.82, 2.24) is 21.5 Å². The lowest BCUT2D eigenvalue weighted by Crippen LogP contribution is -2.32. The zero-order valence-electron chi connectivity index (χ0n) is 7.07. The topological polar surface area (TPSA) is 48.1 Å². The Balaban J connectivity index is 3.63. The number of hydrogen-bond donors (Lipinski definition) is 4. The first kappa shape index (κ1) is 10.0. The second kappa shape index (κ2) is 7.11. The van der Waals surface area contributed by atoms with E-state index < -0.39 is 0 Å². The summed E-state index contributed by atoms with van der Waals surface area (Å²) in [6.07, 6.45) is 3.47. The van der Waals surface area contributed by atoms with Gasteiger partial charge in [-0.15, -0.1) is 0 Å². The summed E-state index contributed by atoms with van der Waals surface area (Å²) in [6, 6.07) is 0. The summed E-state index contributed by atoms with van der Waals surface area (Å²) in [5.41, 5.74) is 6.83. The van der Waals surface area contributed by atoms with E-state index in [1.165, 1.54) is 0 Å². The van der Waals surface area contributed by atoms with Crippen LogP contribution in [0.2, 0.25) is 0 Å². The van der Waals surface area contributed by atoms with Gasteiger partial charge in [-0.05, 0) is 13.2 Å². The van der Waals surface area contributed by atoms with Crippen LogP contribution >= 0.6 is 0 Å². The lowest BCUT2D eigenvalue weighted by atomic mass is 10.5. The number of likely N-dealkylation sites (N-methyl/N-ethyl adjacent to an activating group) is 1. The average Bonchev–Trinajstić information content (AvgIpc) is 2.05. The Morgan fingerprint density at radius 3 is 2.64 bits per heavy atom. The van der Waals surface area contributed by atoms with Crippen molar-refractivity contribution in [3.63, 3.8) is 0 Å². The van der Waals surface area contributed by atoms with E-state index in [0.717, 1.165) is 12.2 Å². The Morgan fingerprint density at radius 1 is 1.45 bits per heavy atom. The second-order valence-electron chi connectivity index (χ2n) is 1.89. The Bertz CT molecular complexity index is 130. The summed E-state index contributed by atoms with van der Waals surface area (Å²) in [7, 11) is 3.70. The summed E-state index contributed by atoms with van der Waals surface area (Å²) in [6.45, 7) is 4.27. The average molecular weight is 156 g/mol. The highest BCUT2D eigenvalue weighted by Gasteiger charge is 1.88. The Hall–Kier alpha value is -1.00. The maximum absolute atomic E-state index is 3.53. The van der Waals surface area contributed by atoms with Gasteiger partial charge < -0.3 is 10.6 Å². The number of nitrogens with one attached hydrogen (secondary N) is 4. The van der Waals surface area contributed by atoms with Gasteiger partial charge in [0.05, 0.1) is 6.54 Å². The monoisotopic (exact) mass is 156 g/mol. The zero-order chi connectivity index (χ0) is 8.53. The van der Waals surface area contributed by atoms with Crippen LogP contribution in [0.5, 0.6) is 0 Å². The molecule has 0 unspecified atom stereocenters. The Labute approximate surface area is 67.7 Å². The SMILES string of the molecule is C=CN/C=C(/CNNC)NC. The molecule has 0 fully saturated rings. The highest BCUT2D eigenvalue weighted by atomic mass is 15.3. The van der Waals surface area contributed by atoms with Crippen LogP contribution in [0.1, 0.15) is 0 Å². The molecular formula is C7H16N4.